The van der Waals surface area contributed by atoms with Crippen LogP contribution in [0.4, 0.5) is 5.69 Å². The summed E-state index contributed by atoms with van der Waals surface area (Å²) in [6, 6.07) is 8.68. The maximum absolute atomic E-state index is 11.7. The third kappa shape index (κ3) is 4.06. The van der Waals surface area contributed by atoms with Gasteiger partial charge in [0.2, 0.25) is 5.91 Å². The first-order valence-corrected chi connectivity index (χ1v) is 5.16. The number of carboxylic acids is 1. The van der Waals surface area contributed by atoms with Crippen LogP contribution >= 0.6 is 0 Å². The van der Waals surface area contributed by atoms with Gasteiger partial charge in [0.15, 0.2) is 0 Å². The van der Waals surface area contributed by atoms with Crippen molar-refractivity contribution in [3.63, 3.8) is 0 Å². The Balaban J connectivity index is 2.75. The molecule has 1 amide bonds. The smallest absolute Gasteiger partial charge is 0.303 e. The molecule has 0 radical (unpaired) electrons. The Kier molecular flexibility index (Phi) is 4.87. The molecule has 0 saturated carbocycles. The van der Waals surface area contributed by atoms with E-state index in [-0.39, 0.29) is 25.3 Å². The second kappa shape index (κ2) is 6.42. The van der Waals surface area contributed by atoms with E-state index in [0.717, 1.165) is 0 Å². The Morgan fingerprint density at radius 3 is 2.35 bits per heavy atom. The minimum atomic E-state index is -1.03. The fraction of sp³-hybridized carbons (Fsp3) is 0.250. The number of para-hydroxylation sites is 1. The van der Waals surface area contributed by atoms with Crippen LogP contribution in [0, 0.1) is 0 Å². The summed E-state index contributed by atoms with van der Waals surface area (Å²) in [5.41, 5.74) is 0.593. The lowest BCUT2D eigenvalue weighted by molar-refractivity contribution is -0.138. The van der Waals surface area contributed by atoms with E-state index in [1.165, 1.54) is 4.90 Å². The van der Waals surface area contributed by atoms with E-state index in [1.54, 1.807) is 30.3 Å². The van der Waals surface area contributed by atoms with E-state index in [1.807, 2.05) is 0 Å². The van der Waals surface area contributed by atoms with Crippen LogP contribution in [0.5, 0.6) is 0 Å². The average Bonchev–Trinajstić information content (AvgIpc) is 2.34. The minimum Gasteiger partial charge on any atom is -0.481 e. The second-order valence-corrected chi connectivity index (χ2v) is 3.40. The molecule has 90 valence electrons. The quantitative estimate of drug-likeness (QED) is 0.749. The summed E-state index contributed by atoms with van der Waals surface area (Å²) >= 11 is 0. The van der Waals surface area contributed by atoms with Crippen LogP contribution in [0.15, 0.2) is 30.3 Å². The van der Waals surface area contributed by atoms with E-state index in [0.29, 0.717) is 12.0 Å². The number of nitrogens with zero attached hydrogens (tertiary/aromatic N) is 1. The lowest BCUT2D eigenvalue weighted by Gasteiger charge is -2.19. The number of hydrogen-bond acceptors (Lipinski definition) is 3. The highest BCUT2D eigenvalue weighted by Crippen LogP contribution is 2.14. The molecule has 0 spiro atoms. The average molecular weight is 235 g/mol. The van der Waals surface area contributed by atoms with Gasteiger partial charge in [0, 0.05) is 12.1 Å². The molecule has 0 aliphatic rings. The topological polar surface area (TPSA) is 74.7 Å². The number of aldehydes is 1. The largest absolute Gasteiger partial charge is 0.481 e. The maximum Gasteiger partial charge on any atom is 0.303 e. The van der Waals surface area contributed by atoms with E-state index < -0.39 is 5.97 Å². The summed E-state index contributed by atoms with van der Waals surface area (Å²) in [4.78, 5) is 33.9. The van der Waals surface area contributed by atoms with Crippen LogP contribution in [0.2, 0.25) is 0 Å². The van der Waals surface area contributed by atoms with Gasteiger partial charge in [-0.3, -0.25) is 9.59 Å². The molecule has 17 heavy (non-hydrogen) atoms. The first-order valence-electron chi connectivity index (χ1n) is 5.16. The SMILES string of the molecule is O=CCN(C(=O)CCC(=O)O)c1ccccc1. The molecule has 1 aromatic carbocycles. The fourth-order valence-electron chi connectivity index (χ4n) is 1.38. The van der Waals surface area contributed by atoms with Crippen LogP contribution in [-0.2, 0) is 14.4 Å². The number of benzene rings is 1. The summed E-state index contributed by atoms with van der Waals surface area (Å²) < 4.78 is 0. The summed E-state index contributed by atoms with van der Waals surface area (Å²) in [5, 5.41) is 8.50. The molecule has 5 heteroatoms. The van der Waals surface area contributed by atoms with Crippen molar-refractivity contribution in [2.24, 2.45) is 0 Å². The monoisotopic (exact) mass is 235 g/mol. The molecule has 1 rings (SSSR count). The van der Waals surface area contributed by atoms with Gasteiger partial charge in [-0.05, 0) is 12.1 Å². The Hall–Kier alpha value is -2.17. The third-order valence-corrected chi connectivity index (χ3v) is 2.18. The molecule has 0 aliphatic carbocycles. The summed E-state index contributed by atoms with van der Waals surface area (Å²) in [6.07, 6.45) is 0.269. The van der Waals surface area contributed by atoms with E-state index in [9.17, 15) is 14.4 Å². The van der Waals surface area contributed by atoms with Gasteiger partial charge in [0.25, 0.3) is 0 Å². The van der Waals surface area contributed by atoms with Crippen molar-refractivity contribution in [3.05, 3.63) is 30.3 Å². The molecule has 1 N–H and O–H groups in total. The number of carbonyl (C=O) groups excluding carboxylic acids is 2. The lowest BCUT2D eigenvalue weighted by Crippen LogP contribution is -2.32. The highest BCUT2D eigenvalue weighted by Gasteiger charge is 2.15. The fourth-order valence-corrected chi connectivity index (χ4v) is 1.38. The van der Waals surface area contributed by atoms with Crippen LogP contribution in [-0.4, -0.2) is 29.8 Å². The molecule has 0 fully saturated rings. The van der Waals surface area contributed by atoms with Crippen molar-refractivity contribution in [3.8, 4) is 0 Å². The predicted octanol–water partition coefficient (Wildman–Crippen LogP) is 1.08. The molecule has 0 saturated heterocycles. The Labute approximate surface area is 98.7 Å². The minimum absolute atomic E-state index is 0.0670. The number of carboxylic acid groups (broad SMARTS) is 1. The zero-order valence-electron chi connectivity index (χ0n) is 9.20. The van der Waals surface area contributed by atoms with Gasteiger partial charge in [-0.2, -0.15) is 0 Å². The van der Waals surface area contributed by atoms with Crippen LogP contribution in [0.1, 0.15) is 12.8 Å². The summed E-state index contributed by atoms with van der Waals surface area (Å²) in [5.74, 6) is -1.40. The molecule has 0 aromatic heterocycles. The highest BCUT2D eigenvalue weighted by molar-refractivity contribution is 5.96. The van der Waals surface area contributed by atoms with Crippen molar-refractivity contribution in [2.45, 2.75) is 12.8 Å². The Bertz CT molecular complexity index is 402. The van der Waals surface area contributed by atoms with Crippen LogP contribution < -0.4 is 4.90 Å². The first kappa shape index (κ1) is 12.9. The lowest BCUT2D eigenvalue weighted by atomic mass is 10.2. The summed E-state index contributed by atoms with van der Waals surface area (Å²) in [7, 11) is 0. The maximum atomic E-state index is 11.7. The molecule has 1 aromatic rings. The number of rotatable bonds is 6. The van der Waals surface area contributed by atoms with Crippen molar-refractivity contribution < 1.29 is 19.5 Å². The first-order chi connectivity index (χ1) is 8.15. The highest BCUT2D eigenvalue weighted by atomic mass is 16.4. The molecule has 0 atom stereocenters. The van der Waals surface area contributed by atoms with Crippen LogP contribution in [0.25, 0.3) is 0 Å². The van der Waals surface area contributed by atoms with Gasteiger partial charge in [0.05, 0.1) is 13.0 Å². The van der Waals surface area contributed by atoms with Gasteiger partial charge in [-0.25, -0.2) is 0 Å². The van der Waals surface area contributed by atoms with Gasteiger partial charge >= 0.3 is 5.97 Å². The number of amides is 1. The van der Waals surface area contributed by atoms with Crippen LogP contribution in [0.3, 0.4) is 0 Å². The van der Waals surface area contributed by atoms with Gasteiger partial charge in [-0.1, -0.05) is 18.2 Å². The second-order valence-electron chi connectivity index (χ2n) is 3.40. The van der Waals surface area contributed by atoms with E-state index in [4.69, 9.17) is 5.11 Å². The zero-order chi connectivity index (χ0) is 12.7. The van der Waals surface area contributed by atoms with Gasteiger partial charge in [-0.15, -0.1) is 0 Å². The standard InChI is InChI=1S/C12H13NO4/c14-9-8-13(10-4-2-1-3-5-10)11(15)6-7-12(16)17/h1-5,9H,6-8H2,(H,16,17). The Morgan fingerprint density at radius 2 is 1.82 bits per heavy atom. The number of carbonyl (C=O) groups is 3. The van der Waals surface area contributed by atoms with Crippen molar-refractivity contribution in [1.82, 2.24) is 0 Å². The van der Waals surface area contributed by atoms with Gasteiger partial charge < -0.3 is 14.8 Å². The normalized spacial score (nSPS) is 9.65. The van der Waals surface area contributed by atoms with E-state index >= 15 is 0 Å². The van der Waals surface area contributed by atoms with Gasteiger partial charge in [0.1, 0.15) is 6.29 Å². The molecule has 0 heterocycles. The number of hydrogen-bond donors (Lipinski definition) is 1. The zero-order valence-corrected chi connectivity index (χ0v) is 9.20. The molecular weight excluding hydrogens is 222 g/mol. The molecule has 0 unspecified atom stereocenters. The molecular formula is C12H13NO4. The van der Waals surface area contributed by atoms with Crippen molar-refractivity contribution >= 4 is 23.9 Å². The number of anilines is 1. The molecule has 0 bridgehead atoms. The Morgan fingerprint density at radius 1 is 1.18 bits per heavy atom. The number of aliphatic carboxylic acids is 1. The molecule has 5 nitrogen and oxygen atoms in total. The predicted molar refractivity (Wildman–Crippen MR) is 61.7 cm³/mol. The third-order valence-electron chi connectivity index (χ3n) is 2.18. The van der Waals surface area contributed by atoms with Crippen molar-refractivity contribution in [2.75, 3.05) is 11.4 Å². The summed E-state index contributed by atoms with van der Waals surface area (Å²) in [6.45, 7) is -0.0670. The molecule has 0 aliphatic heterocycles. The van der Waals surface area contributed by atoms with E-state index in [2.05, 4.69) is 0 Å². The van der Waals surface area contributed by atoms with Crippen molar-refractivity contribution in [1.29, 1.82) is 0 Å².